The minimum absolute atomic E-state index is 0.595. The average Bonchev–Trinajstić information content (AvgIpc) is 2.06. The fourth-order valence-corrected chi connectivity index (χ4v) is 1.16. The van der Waals surface area contributed by atoms with E-state index in [0.717, 1.165) is 17.4 Å². The first kappa shape index (κ1) is 8.48. The summed E-state index contributed by atoms with van der Waals surface area (Å²) in [6.45, 7) is 3.65. The first-order chi connectivity index (χ1) is 5.70. The molecule has 0 aliphatic carbocycles. The number of carbonyl (C=O) groups is 1. The monoisotopic (exact) mass is 159 g/mol. The lowest BCUT2D eigenvalue weighted by atomic mass is 9.99. The van der Waals surface area contributed by atoms with Gasteiger partial charge in [0.25, 0.3) is 0 Å². The Morgan fingerprint density at radius 2 is 2.08 bits per heavy atom. The molecule has 0 saturated carbocycles. The van der Waals surface area contributed by atoms with Gasteiger partial charge in [0.1, 0.15) is 6.29 Å². The molecular formula is C10H9NO. The van der Waals surface area contributed by atoms with E-state index in [4.69, 9.17) is 5.26 Å². The molecule has 0 saturated heterocycles. The molecule has 2 nitrogen and oxygen atoms in total. The van der Waals surface area contributed by atoms with Crippen molar-refractivity contribution in [3.05, 3.63) is 34.4 Å². The molecule has 0 aliphatic heterocycles. The van der Waals surface area contributed by atoms with Crippen molar-refractivity contribution >= 4 is 6.29 Å². The number of benzene rings is 1. The number of carbonyl (C=O) groups excluding carboxylic acids is 1. The number of rotatable bonds is 1. The maximum absolute atomic E-state index is 10.5. The Labute approximate surface area is 71.4 Å². The van der Waals surface area contributed by atoms with Crippen LogP contribution in [0.4, 0.5) is 0 Å². The zero-order chi connectivity index (χ0) is 9.14. The summed E-state index contributed by atoms with van der Waals surface area (Å²) in [7, 11) is 0. The van der Waals surface area contributed by atoms with E-state index in [9.17, 15) is 4.79 Å². The van der Waals surface area contributed by atoms with Gasteiger partial charge < -0.3 is 0 Å². The maximum atomic E-state index is 10.5. The summed E-state index contributed by atoms with van der Waals surface area (Å²) in [6.07, 6.45) is 0.773. The largest absolute Gasteiger partial charge is 0.298 e. The average molecular weight is 159 g/mol. The van der Waals surface area contributed by atoms with Gasteiger partial charge in [-0.1, -0.05) is 12.1 Å². The predicted molar refractivity (Wildman–Crippen MR) is 46.0 cm³/mol. The van der Waals surface area contributed by atoms with Crippen molar-refractivity contribution in [1.82, 2.24) is 0 Å². The highest BCUT2D eigenvalue weighted by molar-refractivity contribution is 5.78. The lowest BCUT2D eigenvalue weighted by Crippen LogP contribution is -1.93. The third-order valence-corrected chi connectivity index (χ3v) is 1.95. The molecule has 0 atom stereocenters. The van der Waals surface area contributed by atoms with Crippen LogP contribution < -0.4 is 0 Å². The SMILES string of the molecule is Cc1ccc(C=O)c(C)c1C#N. The van der Waals surface area contributed by atoms with Crippen LogP contribution in [0, 0.1) is 25.2 Å². The van der Waals surface area contributed by atoms with Crippen LogP contribution in [0.3, 0.4) is 0 Å². The Kier molecular flexibility index (Phi) is 2.25. The highest BCUT2D eigenvalue weighted by Gasteiger charge is 2.04. The Bertz CT molecular complexity index is 361. The number of hydrogen-bond donors (Lipinski definition) is 0. The van der Waals surface area contributed by atoms with Crippen molar-refractivity contribution in [2.75, 3.05) is 0 Å². The zero-order valence-electron chi connectivity index (χ0n) is 7.09. The normalized spacial score (nSPS) is 9.08. The first-order valence-electron chi connectivity index (χ1n) is 3.66. The predicted octanol–water partition coefficient (Wildman–Crippen LogP) is 1.99. The minimum atomic E-state index is 0.595. The Morgan fingerprint density at radius 3 is 2.58 bits per heavy atom. The highest BCUT2D eigenvalue weighted by atomic mass is 16.1. The first-order valence-corrected chi connectivity index (χ1v) is 3.66. The molecule has 1 aromatic carbocycles. The van der Waals surface area contributed by atoms with Gasteiger partial charge in [-0.25, -0.2) is 0 Å². The molecule has 1 aromatic rings. The van der Waals surface area contributed by atoms with Gasteiger partial charge in [0.05, 0.1) is 11.6 Å². The summed E-state index contributed by atoms with van der Waals surface area (Å²) in [6, 6.07) is 5.60. The number of nitrogens with zero attached hydrogens (tertiary/aromatic N) is 1. The van der Waals surface area contributed by atoms with E-state index >= 15 is 0 Å². The van der Waals surface area contributed by atoms with Crippen LogP contribution in [0.5, 0.6) is 0 Å². The molecule has 0 heterocycles. The van der Waals surface area contributed by atoms with E-state index in [2.05, 4.69) is 6.07 Å². The third-order valence-electron chi connectivity index (χ3n) is 1.95. The Hall–Kier alpha value is -1.62. The summed E-state index contributed by atoms with van der Waals surface area (Å²) in [5.74, 6) is 0. The van der Waals surface area contributed by atoms with E-state index in [1.54, 1.807) is 19.1 Å². The molecule has 0 bridgehead atoms. The second-order valence-electron chi connectivity index (χ2n) is 2.70. The van der Waals surface area contributed by atoms with Gasteiger partial charge in [-0.2, -0.15) is 5.26 Å². The Balaban J connectivity index is 3.46. The van der Waals surface area contributed by atoms with Crippen molar-refractivity contribution in [2.24, 2.45) is 0 Å². The van der Waals surface area contributed by atoms with Crippen molar-refractivity contribution in [1.29, 1.82) is 5.26 Å². The van der Waals surface area contributed by atoms with Crippen LogP contribution in [0.1, 0.15) is 27.0 Å². The van der Waals surface area contributed by atoms with Crippen LogP contribution in [-0.4, -0.2) is 6.29 Å². The fraction of sp³-hybridized carbons (Fsp3) is 0.200. The van der Waals surface area contributed by atoms with Crippen LogP contribution >= 0.6 is 0 Å². The van der Waals surface area contributed by atoms with Gasteiger partial charge in [0.15, 0.2) is 0 Å². The highest BCUT2D eigenvalue weighted by Crippen LogP contribution is 2.15. The lowest BCUT2D eigenvalue weighted by molar-refractivity contribution is 0.112. The van der Waals surface area contributed by atoms with Gasteiger partial charge in [-0.05, 0) is 25.0 Å². The van der Waals surface area contributed by atoms with E-state index < -0.39 is 0 Å². The second-order valence-corrected chi connectivity index (χ2v) is 2.70. The summed E-state index contributed by atoms with van der Waals surface area (Å²) in [5.41, 5.74) is 2.89. The minimum Gasteiger partial charge on any atom is -0.298 e. The van der Waals surface area contributed by atoms with Gasteiger partial charge in [0.2, 0.25) is 0 Å². The van der Waals surface area contributed by atoms with Crippen LogP contribution in [0.2, 0.25) is 0 Å². The molecule has 12 heavy (non-hydrogen) atoms. The summed E-state index contributed by atoms with van der Waals surface area (Å²) >= 11 is 0. The van der Waals surface area contributed by atoms with Gasteiger partial charge in [-0.15, -0.1) is 0 Å². The molecular weight excluding hydrogens is 150 g/mol. The number of aldehydes is 1. The van der Waals surface area contributed by atoms with Gasteiger partial charge in [0, 0.05) is 5.56 Å². The molecule has 0 unspecified atom stereocenters. The van der Waals surface area contributed by atoms with E-state index in [-0.39, 0.29) is 0 Å². The molecule has 0 aliphatic rings. The molecule has 0 radical (unpaired) electrons. The molecule has 0 spiro atoms. The number of aryl methyl sites for hydroxylation is 1. The lowest BCUT2D eigenvalue weighted by Gasteiger charge is -2.03. The topological polar surface area (TPSA) is 40.9 Å². The molecule has 2 heteroatoms. The molecule has 0 fully saturated rings. The number of nitriles is 1. The van der Waals surface area contributed by atoms with Crippen molar-refractivity contribution < 1.29 is 4.79 Å². The standard InChI is InChI=1S/C10H9NO/c1-7-3-4-9(6-12)8(2)10(7)5-11/h3-4,6H,1-2H3. The molecule has 60 valence electrons. The zero-order valence-corrected chi connectivity index (χ0v) is 7.09. The van der Waals surface area contributed by atoms with Crippen molar-refractivity contribution in [3.63, 3.8) is 0 Å². The molecule has 1 rings (SSSR count). The summed E-state index contributed by atoms with van der Waals surface area (Å²) < 4.78 is 0. The van der Waals surface area contributed by atoms with Crippen molar-refractivity contribution in [2.45, 2.75) is 13.8 Å². The quantitative estimate of drug-likeness (QED) is 0.588. The number of hydrogen-bond acceptors (Lipinski definition) is 2. The van der Waals surface area contributed by atoms with Gasteiger partial charge >= 0.3 is 0 Å². The molecule has 0 amide bonds. The van der Waals surface area contributed by atoms with Crippen LogP contribution in [0.15, 0.2) is 12.1 Å². The fourth-order valence-electron chi connectivity index (χ4n) is 1.16. The summed E-state index contributed by atoms with van der Waals surface area (Å²) in [4.78, 5) is 10.5. The molecule has 0 aromatic heterocycles. The Morgan fingerprint density at radius 1 is 1.42 bits per heavy atom. The van der Waals surface area contributed by atoms with Gasteiger partial charge in [-0.3, -0.25) is 4.79 Å². The maximum Gasteiger partial charge on any atom is 0.150 e. The van der Waals surface area contributed by atoms with Crippen LogP contribution in [-0.2, 0) is 0 Å². The van der Waals surface area contributed by atoms with E-state index in [1.165, 1.54) is 0 Å². The van der Waals surface area contributed by atoms with E-state index in [0.29, 0.717) is 11.1 Å². The summed E-state index contributed by atoms with van der Waals surface area (Å²) in [5, 5.41) is 8.75. The molecule has 0 N–H and O–H groups in total. The smallest absolute Gasteiger partial charge is 0.150 e. The van der Waals surface area contributed by atoms with Crippen molar-refractivity contribution in [3.8, 4) is 6.07 Å². The van der Waals surface area contributed by atoms with E-state index in [1.807, 2.05) is 6.92 Å². The van der Waals surface area contributed by atoms with Crippen LogP contribution in [0.25, 0.3) is 0 Å². The third kappa shape index (κ3) is 1.22. The second kappa shape index (κ2) is 3.19.